The van der Waals surface area contributed by atoms with Gasteiger partial charge >= 0.3 is 6.03 Å². The number of aliphatic hydroxyl groups is 1. The van der Waals surface area contributed by atoms with E-state index in [0.29, 0.717) is 62.4 Å². The molecule has 33 nitrogen and oxygen atoms in total. The van der Waals surface area contributed by atoms with Crippen LogP contribution in [0.15, 0.2) is 35.5 Å². The number of aromatic hydroxyl groups is 1. The van der Waals surface area contributed by atoms with Crippen LogP contribution in [0.25, 0.3) is 0 Å². The summed E-state index contributed by atoms with van der Waals surface area (Å²) in [6.45, 7) is -0.0620. The number of amides is 10. The molecule has 3 aliphatic rings. The van der Waals surface area contributed by atoms with E-state index in [1.165, 1.54) is 28.9 Å². The van der Waals surface area contributed by atoms with Crippen LogP contribution in [0.2, 0.25) is 0 Å². The van der Waals surface area contributed by atoms with E-state index in [4.69, 9.17) is 42.9 Å². The monoisotopic (exact) mass is 1330 g/mol. The summed E-state index contributed by atoms with van der Waals surface area (Å²) < 4.78 is 18.3. The van der Waals surface area contributed by atoms with Crippen molar-refractivity contribution in [3.8, 4) is 5.75 Å². The van der Waals surface area contributed by atoms with Gasteiger partial charge in [0.2, 0.25) is 47.3 Å². The Kier molecular flexibility index (Phi) is 33.2. The molecule has 0 spiro atoms. The molecule has 1 aromatic carbocycles. The topological polar surface area (TPSA) is 525 Å². The van der Waals surface area contributed by atoms with E-state index < -0.39 is 121 Å². The number of fused-ring (bicyclic) bond motifs is 3. The van der Waals surface area contributed by atoms with Crippen LogP contribution in [0.1, 0.15) is 114 Å². The lowest BCUT2D eigenvalue weighted by molar-refractivity contribution is -0.137. The van der Waals surface area contributed by atoms with Gasteiger partial charge in [-0.15, -0.1) is 5.10 Å². The number of aryl methyl sites for hydroxylation is 1. The van der Waals surface area contributed by atoms with Crippen molar-refractivity contribution in [2.24, 2.45) is 39.6 Å². The van der Waals surface area contributed by atoms with Gasteiger partial charge in [-0.25, -0.2) is 4.79 Å². The molecular weight excluding hydrogens is 1230 g/mol. The number of hydrogen-bond acceptors (Lipinski definition) is 21. The molecule has 2 saturated heterocycles. The largest absolute Gasteiger partial charge is 0.508 e. The molecule has 3 aliphatic heterocycles. The Morgan fingerprint density at radius 2 is 1.26 bits per heavy atom. The van der Waals surface area contributed by atoms with Gasteiger partial charge in [0, 0.05) is 69.0 Å². The van der Waals surface area contributed by atoms with Gasteiger partial charge in [-0.1, -0.05) is 23.8 Å². The van der Waals surface area contributed by atoms with Crippen LogP contribution in [-0.2, 0) is 81.5 Å². The minimum atomic E-state index is -1.81. The molecule has 2 fully saturated rings. The van der Waals surface area contributed by atoms with E-state index in [0.717, 1.165) is 25.0 Å². The molecule has 93 heavy (non-hydrogen) atoms. The van der Waals surface area contributed by atoms with Gasteiger partial charge in [0.05, 0.1) is 63.2 Å². The molecule has 4 heterocycles. The lowest BCUT2D eigenvalue weighted by Gasteiger charge is -2.27. The predicted octanol–water partition coefficient (Wildman–Crippen LogP) is -3.90. The molecule has 10 atom stereocenters. The highest BCUT2D eigenvalue weighted by Crippen LogP contribution is 2.33. The van der Waals surface area contributed by atoms with Crippen molar-refractivity contribution >= 4 is 82.6 Å². The van der Waals surface area contributed by atoms with E-state index in [-0.39, 0.29) is 126 Å². The molecule has 34 heteroatoms. The Hall–Kier alpha value is -8.05. The number of unbranched alkanes of at least 4 members (excludes halogenated alkanes) is 2. The summed E-state index contributed by atoms with van der Waals surface area (Å²) in [6, 6.07) is -3.57. The molecule has 2 bridgehead atoms. The van der Waals surface area contributed by atoms with E-state index in [2.05, 4.69) is 57.8 Å². The van der Waals surface area contributed by atoms with E-state index in [1.807, 2.05) is 11.8 Å². The number of hydrogen-bond donors (Lipinski definition) is 15. The van der Waals surface area contributed by atoms with Crippen molar-refractivity contribution < 1.29 is 77.2 Å². The van der Waals surface area contributed by atoms with Crippen LogP contribution >= 0.6 is 11.8 Å². The molecule has 0 aliphatic carbocycles. The van der Waals surface area contributed by atoms with Crippen LogP contribution in [0.4, 0.5) is 4.79 Å². The van der Waals surface area contributed by atoms with Crippen molar-refractivity contribution in [1.29, 1.82) is 0 Å². The molecule has 2 aromatic rings. The maximum atomic E-state index is 14.5. The first-order valence-corrected chi connectivity index (χ1v) is 32.6. The first-order valence-electron chi connectivity index (χ1n) is 31.5. The Morgan fingerprint density at radius 3 is 1.96 bits per heavy atom. The minimum absolute atomic E-state index is 0.00550. The van der Waals surface area contributed by atoms with Crippen molar-refractivity contribution in [1.82, 2.24) is 57.5 Å². The van der Waals surface area contributed by atoms with Crippen molar-refractivity contribution in [3.63, 3.8) is 0 Å². The van der Waals surface area contributed by atoms with Crippen molar-refractivity contribution in [3.05, 3.63) is 41.7 Å². The molecule has 5 rings (SSSR count). The number of carbonyl (C=O) groups excluding carboxylic acids is 11. The number of guanidine groups is 1. The second-order valence-corrected chi connectivity index (χ2v) is 24.4. The normalized spacial score (nSPS) is 23.7. The molecule has 0 radical (unpaired) electrons. The summed E-state index contributed by atoms with van der Waals surface area (Å²) in [5.74, 6) is -8.83. The lowest BCUT2D eigenvalue weighted by Crippen LogP contribution is -2.61. The summed E-state index contributed by atoms with van der Waals surface area (Å²) in [5.41, 5.74) is 28.7. The summed E-state index contributed by atoms with van der Waals surface area (Å²) in [6.07, 6.45) is 5.33. The molecule has 0 saturated carbocycles. The highest BCUT2D eigenvalue weighted by atomic mass is 32.2. The number of nitrogens with zero attached hydrogens (tertiary/aromatic N) is 4. The molecular formula is C59H93N17O16S. The number of aliphatic hydroxyl groups excluding tert-OH is 1. The number of phenols is 1. The number of aromatic nitrogens is 3. The van der Waals surface area contributed by atoms with Crippen LogP contribution in [0.5, 0.6) is 5.75 Å². The standard InChI is InChI=1S/C59H93N17O16S/c60-19-5-3-12-42-53(84)66-41(51(62)82)11-4-6-21-76-31-37(74-75-76)28-36(29-40(80)33-92-26-25-91-24-23-90-22-8-10-38(78)9-1-2-14-48-50-47(34-93-48)72-59(89)73-50)52(83)67-43(13-7-20-65-58(63)64)54(85)71-46(32-77)57(88)69-44(27-35-15-17-39(79)18-16-35)55(86)70-45(30-49(61)81)56(87)68-42/h15-18,31,36,41-48,50,77,79H,1-14,19-30,32-34,60H2,(H2,61,81)(H2,62,82)(H,66,84)(H,67,83)(H,68,87)(H,69,88)(H,70,86)(H,71,85)(H4,63,64,65)(H2,72,73,89)/t36-,41+,42+,43+,44+,45+,46+,47+,48+,50+/m1/s1. The molecule has 10 amide bonds. The second kappa shape index (κ2) is 40.8. The molecule has 0 unspecified atom stereocenters. The average molecular weight is 1330 g/mol. The van der Waals surface area contributed by atoms with E-state index >= 15 is 0 Å². The number of urea groups is 1. The van der Waals surface area contributed by atoms with Gasteiger partial charge in [0.25, 0.3) is 0 Å². The van der Waals surface area contributed by atoms with Crippen LogP contribution < -0.4 is 71.2 Å². The van der Waals surface area contributed by atoms with Gasteiger partial charge in [0.15, 0.2) is 11.7 Å². The molecule has 516 valence electrons. The number of Topliss-reactive ketones (excluding diaryl/α,β-unsaturated/α-hetero) is 2. The smallest absolute Gasteiger partial charge is 0.315 e. The number of primary amides is 2. The first-order chi connectivity index (χ1) is 44.6. The van der Waals surface area contributed by atoms with Gasteiger partial charge < -0.3 is 95.6 Å². The Labute approximate surface area is 543 Å². The third-order valence-electron chi connectivity index (χ3n) is 15.6. The zero-order valence-electron chi connectivity index (χ0n) is 52.4. The van der Waals surface area contributed by atoms with Crippen LogP contribution in [0.3, 0.4) is 0 Å². The third kappa shape index (κ3) is 28.0. The number of phenolic OH excluding ortho intramolecular Hbond substituents is 1. The SMILES string of the molecule is NCCCC[C@@H]1NC(=O)[C@H](CC(N)=O)NC(=O)[C@H](Cc2ccc(O)cc2)NC(=O)[C@H](CO)NC(=O)[C@H](CCCN=C(N)N)NC(=O)[C@@H](CC(=O)COCCOCCOCCCC(=O)CCCC[C@@H]2SC[C@@H]3NC(=O)N[C@@H]32)Cc2cn(nn2)CCCC[C@@H](C(N)=O)NC1=O. The predicted molar refractivity (Wildman–Crippen MR) is 338 cm³/mol. The average Bonchev–Trinajstić information content (AvgIpc) is 1.67. The number of thioether (sulfide) groups is 1. The van der Waals surface area contributed by atoms with Crippen LogP contribution in [-0.4, -0.2) is 215 Å². The zero-order valence-corrected chi connectivity index (χ0v) is 53.2. The summed E-state index contributed by atoms with van der Waals surface area (Å²) in [5, 5.41) is 50.4. The number of aliphatic imine (C=N–C) groups is 1. The number of carbonyl (C=O) groups is 11. The minimum Gasteiger partial charge on any atom is -0.508 e. The maximum Gasteiger partial charge on any atom is 0.315 e. The molecule has 1 aromatic heterocycles. The lowest BCUT2D eigenvalue weighted by atomic mass is 9.95. The highest BCUT2D eigenvalue weighted by molar-refractivity contribution is 8.00. The van der Waals surface area contributed by atoms with Gasteiger partial charge in [-0.05, 0) is 94.9 Å². The number of nitrogens with two attached hydrogens (primary N) is 5. The molecule has 20 N–H and O–H groups in total. The fraction of sp³-hybridized carbons (Fsp3) is 0.661. The van der Waals surface area contributed by atoms with Crippen molar-refractivity contribution in [2.75, 3.05) is 65.1 Å². The second-order valence-electron chi connectivity index (χ2n) is 23.1. The van der Waals surface area contributed by atoms with Gasteiger partial charge in [0.1, 0.15) is 54.4 Å². The Bertz CT molecular complexity index is 2830. The van der Waals surface area contributed by atoms with Gasteiger partial charge in [-0.3, -0.25) is 57.6 Å². The Morgan fingerprint density at radius 1 is 0.645 bits per heavy atom. The van der Waals surface area contributed by atoms with Gasteiger partial charge in [-0.2, -0.15) is 11.8 Å². The highest BCUT2D eigenvalue weighted by Gasteiger charge is 2.43. The summed E-state index contributed by atoms with van der Waals surface area (Å²) in [4.78, 5) is 152. The first kappa shape index (κ1) is 75.7. The third-order valence-corrected chi connectivity index (χ3v) is 17.1. The fourth-order valence-electron chi connectivity index (χ4n) is 10.6. The number of rotatable bonds is 33. The number of ketones is 2. The zero-order chi connectivity index (χ0) is 67.7. The summed E-state index contributed by atoms with van der Waals surface area (Å²) in [7, 11) is 0. The fourth-order valence-corrected chi connectivity index (χ4v) is 12.1. The Balaban J connectivity index is 1.26. The maximum absolute atomic E-state index is 14.5. The van der Waals surface area contributed by atoms with Crippen molar-refractivity contribution in [2.45, 2.75) is 176 Å². The van der Waals surface area contributed by atoms with Crippen LogP contribution in [0, 0.1) is 5.92 Å². The number of benzene rings is 1. The summed E-state index contributed by atoms with van der Waals surface area (Å²) >= 11 is 1.85. The number of nitrogens with one attached hydrogen (secondary N) is 8. The van der Waals surface area contributed by atoms with E-state index in [1.54, 1.807) is 6.20 Å². The van der Waals surface area contributed by atoms with E-state index in [9.17, 15) is 63.0 Å². The quantitative estimate of drug-likeness (QED) is 0.0141. The number of ether oxygens (including phenoxy) is 3.